The standard InChI is InChI=1S/C31H19N3O/c1-3-11-21(12-4-1)29-32-30(22-13-5-2-6-14-22)34-31(33-29)25-17-9-16-24-27-23-15-8-7-10-20(23)18-19-26(27)35-28(24)25/h1-19H. The van der Waals surface area contributed by atoms with Crippen LogP contribution in [0.25, 0.3) is 66.9 Å². The number of furan rings is 1. The van der Waals surface area contributed by atoms with Crippen LogP contribution in [0.1, 0.15) is 0 Å². The maximum absolute atomic E-state index is 6.44. The van der Waals surface area contributed by atoms with Gasteiger partial charge < -0.3 is 4.42 Å². The number of rotatable bonds is 3. The van der Waals surface area contributed by atoms with Gasteiger partial charge in [0.25, 0.3) is 0 Å². The van der Waals surface area contributed by atoms with Crippen molar-refractivity contribution in [3.8, 4) is 34.2 Å². The molecule has 2 heterocycles. The van der Waals surface area contributed by atoms with Gasteiger partial charge in [0, 0.05) is 21.9 Å². The molecule has 164 valence electrons. The summed E-state index contributed by atoms with van der Waals surface area (Å²) in [5, 5.41) is 4.52. The monoisotopic (exact) mass is 449 g/mol. The fourth-order valence-electron chi connectivity index (χ4n) is 4.67. The van der Waals surface area contributed by atoms with Gasteiger partial charge in [0.2, 0.25) is 0 Å². The topological polar surface area (TPSA) is 51.8 Å². The molecule has 0 aliphatic carbocycles. The van der Waals surface area contributed by atoms with Crippen molar-refractivity contribution in [1.82, 2.24) is 15.0 Å². The molecule has 7 rings (SSSR count). The fraction of sp³-hybridized carbons (Fsp3) is 0. The Bertz CT molecular complexity index is 1780. The van der Waals surface area contributed by atoms with Crippen LogP contribution in [0.15, 0.2) is 120 Å². The lowest BCUT2D eigenvalue weighted by atomic mass is 10.0. The fourth-order valence-corrected chi connectivity index (χ4v) is 4.67. The summed E-state index contributed by atoms with van der Waals surface area (Å²) in [4.78, 5) is 14.6. The minimum Gasteiger partial charge on any atom is -0.455 e. The van der Waals surface area contributed by atoms with Gasteiger partial charge in [0.05, 0.1) is 5.56 Å². The van der Waals surface area contributed by atoms with Crippen molar-refractivity contribution in [1.29, 1.82) is 0 Å². The van der Waals surface area contributed by atoms with Gasteiger partial charge in [-0.15, -0.1) is 0 Å². The summed E-state index contributed by atoms with van der Waals surface area (Å²) < 4.78 is 6.44. The number of nitrogens with zero attached hydrogens (tertiary/aromatic N) is 3. The highest BCUT2D eigenvalue weighted by Crippen LogP contribution is 2.38. The van der Waals surface area contributed by atoms with Crippen molar-refractivity contribution in [2.24, 2.45) is 0 Å². The van der Waals surface area contributed by atoms with Crippen LogP contribution in [0.5, 0.6) is 0 Å². The Morgan fingerprint density at radius 2 is 1.06 bits per heavy atom. The maximum Gasteiger partial charge on any atom is 0.167 e. The molecule has 0 radical (unpaired) electrons. The molecule has 0 bridgehead atoms. The number of hydrogen-bond acceptors (Lipinski definition) is 4. The van der Waals surface area contributed by atoms with E-state index in [1.54, 1.807) is 0 Å². The van der Waals surface area contributed by atoms with E-state index < -0.39 is 0 Å². The Hall–Kier alpha value is -4.83. The van der Waals surface area contributed by atoms with Crippen LogP contribution in [0, 0.1) is 0 Å². The predicted molar refractivity (Wildman–Crippen MR) is 141 cm³/mol. The van der Waals surface area contributed by atoms with Crippen LogP contribution in [0.3, 0.4) is 0 Å². The van der Waals surface area contributed by atoms with Crippen molar-refractivity contribution >= 4 is 32.7 Å². The average Bonchev–Trinajstić information content (AvgIpc) is 3.33. The minimum atomic E-state index is 0.590. The van der Waals surface area contributed by atoms with Gasteiger partial charge in [0.1, 0.15) is 11.2 Å². The number of hydrogen-bond donors (Lipinski definition) is 0. The summed E-state index contributed by atoms with van der Waals surface area (Å²) in [6, 6.07) is 38.7. The van der Waals surface area contributed by atoms with Gasteiger partial charge in [-0.1, -0.05) is 103 Å². The van der Waals surface area contributed by atoms with Crippen LogP contribution in [0.4, 0.5) is 0 Å². The molecule has 5 aromatic carbocycles. The molecule has 0 amide bonds. The summed E-state index contributed by atoms with van der Waals surface area (Å²) in [7, 11) is 0. The van der Waals surface area contributed by atoms with Gasteiger partial charge in [0.15, 0.2) is 17.5 Å². The molecule has 7 aromatic rings. The third kappa shape index (κ3) is 3.27. The second-order valence-corrected chi connectivity index (χ2v) is 8.48. The van der Waals surface area contributed by atoms with Crippen molar-refractivity contribution in [2.45, 2.75) is 0 Å². The molecule has 0 spiro atoms. The molecule has 0 fully saturated rings. The second-order valence-electron chi connectivity index (χ2n) is 8.48. The smallest absolute Gasteiger partial charge is 0.167 e. The molecule has 0 saturated heterocycles. The predicted octanol–water partition coefficient (Wildman–Crippen LogP) is 7.93. The van der Waals surface area contributed by atoms with E-state index in [-0.39, 0.29) is 0 Å². The van der Waals surface area contributed by atoms with Crippen LogP contribution in [0.2, 0.25) is 0 Å². The molecule has 0 saturated carbocycles. The molecule has 0 aliphatic rings. The van der Waals surface area contributed by atoms with E-state index in [4.69, 9.17) is 19.4 Å². The first-order valence-electron chi connectivity index (χ1n) is 11.6. The third-order valence-electron chi connectivity index (χ3n) is 6.33. The molecule has 0 atom stereocenters. The first-order valence-corrected chi connectivity index (χ1v) is 11.6. The first kappa shape index (κ1) is 19.6. The zero-order chi connectivity index (χ0) is 23.2. The summed E-state index contributed by atoms with van der Waals surface area (Å²) in [5.41, 5.74) is 4.36. The summed E-state index contributed by atoms with van der Waals surface area (Å²) in [5.74, 6) is 1.85. The number of aromatic nitrogens is 3. The molecular formula is C31H19N3O. The van der Waals surface area contributed by atoms with Crippen molar-refractivity contribution < 1.29 is 4.42 Å². The lowest BCUT2D eigenvalue weighted by Gasteiger charge is -2.08. The van der Waals surface area contributed by atoms with E-state index in [1.165, 1.54) is 10.8 Å². The van der Waals surface area contributed by atoms with Crippen LogP contribution in [-0.2, 0) is 0 Å². The minimum absolute atomic E-state index is 0.590. The highest BCUT2D eigenvalue weighted by atomic mass is 16.3. The van der Waals surface area contributed by atoms with Gasteiger partial charge in [-0.05, 0) is 22.9 Å². The van der Waals surface area contributed by atoms with Crippen molar-refractivity contribution in [2.75, 3.05) is 0 Å². The molecule has 0 aliphatic heterocycles. The van der Waals surface area contributed by atoms with Crippen molar-refractivity contribution in [3.05, 3.63) is 115 Å². The molecule has 0 unspecified atom stereocenters. The Kier molecular flexibility index (Phi) is 4.42. The Morgan fingerprint density at radius 1 is 0.457 bits per heavy atom. The Labute approximate surface area is 201 Å². The van der Waals surface area contributed by atoms with Gasteiger partial charge in [-0.25, -0.2) is 15.0 Å². The molecule has 0 N–H and O–H groups in total. The molecule has 4 heteroatoms. The Morgan fingerprint density at radius 3 is 1.77 bits per heavy atom. The number of fused-ring (bicyclic) bond motifs is 5. The molecule has 2 aromatic heterocycles. The van der Waals surface area contributed by atoms with Gasteiger partial charge in [-0.3, -0.25) is 0 Å². The van der Waals surface area contributed by atoms with Crippen LogP contribution >= 0.6 is 0 Å². The zero-order valence-electron chi connectivity index (χ0n) is 18.7. The first-order chi connectivity index (χ1) is 17.3. The highest BCUT2D eigenvalue weighted by molar-refractivity contribution is 6.20. The lowest BCUT2D eigenvalue weighted by Crippen LogP contribution is -2.00. The average molecular weight is 450 g/mol. The second kappa shape index (κ2) is 7.89. The van der Waals surface area contributed by atoms with E-state index in [9.17, 15) is 0 Å². The molecule has 35 heavy (non-hydrogen) atoms. The zero-order valence-corrected chi connectivity index (χ0v) is 18.7. The third-order valence-corrected chi connectivity index (χ3v) is 6.33. The summed E-state index contributed by atoms with van der Waals surface area (Å²) >= 11 is 0. The van der Waals surface area contributed by atoms with E-state index in [0.717, 1.165) is 38.6 Å². The summed E-state index contributed by atoms with van der Waals surface area (Å²) in [6.45, 7) is 0. The number of para-hydroxylation sites is 1. The summed E-state index contributed by atoms with van der Waals surface area (Å²) in [6.07, 6.45) is 0. The van der Waals surface area contributed by atoms with E-state index in [1.807, 2.05) is 78.9 Å². The van der Waals surface area contributed by atoms with Gasteiger partial charge >= 0.3 is 0 Å². The maximum atomic E-state index is 6.44. The Balaban J connectivity index is 1.52. The molecule has 4 nitrogen and oxygen atoms in total. The number of benzene rings is 5. The van der Waals surface area contributed by atoms with Crippen LogP contribution in [-0.4, -0.2) is 15.0 Å². The highest BCUT2D eigenvalue weighted by Gasteiger charge is 2.18. The van der Waals surface area contributed by atoms with Crippen LogP contribution < -0.4 is 0 Å². The SMILES string of the molecule is c1ccc(-c2nc(-c3ccccc3)nc(-c3cccc4c3oc3ccc5ccccc5c34)n2)cc1. The lowest BCUT2D eigenvalue weighted by molar-refractivity contribution is 0.670. The largest absolute Gasteiger partial charge is 0.455 e. The quantitative estimate of drug-likeness (QED) is 0.275. The van der Waals surface area contributed by atoms with Crippen molar-refractivity contribution in [3.63, 3.8) is 0 Å². The molecular weight excluding hydrogens is 430 g/mol. The van der Waals surface area contributed by atoms with E-state index in [0.29, 0.717) is 17.5 Å². The normalized spacial score (nSPS) is 11.4. The van der Waals surface area contributed by atoms with E-state index >= 15 is 0 Å². The van der Waals surface area contributed by atoms with Gasteiger partial charge in [-0.2, -0.15) is 0 Å². The van der Waals surface area contributed by atoms with E-state index in [2.05, 4.69) is 36.4 Å².